The number of hydrogen-bond acceptors (Lipinski definition) is 3. The first-order valence-electron chi connectivity index (χ1n) is 6.47. The van der Waals surface area contributed by atoms with Gasteiger partial charge in [0.15, 0.2) is 0 Å². The van der Waals surface area contributed by atoms with Crippen LogP contribution in [0, 0.1) is 5.92 Å². The summed E-state index contributed by atoms with van der Waals surface area (Å²) in [6, 6.07) is 9.57. The number of hydrogen-bond donors (Lipinski definition) is 2. The molecule has 0 bridgehead atoms. The molecule has 1 aromatic heterocycles. The van der Waals surface area contributed by atoms with Crippen LogP contribution in [0.15, 0.2) is 36.5 Å². The molecule has 19 heavy (non-hydrogen) atoms. The predicted octanol–water partition coefficient (Wildman–Crippen LogP) is 1.95. The fourth-order valence-electron chi connectivity index (χ4n) is 1.83. The van der Waals surface area contributed by atoms with Crippen LogP contribution in [0.3, 0.4) is 0 Å². The van der Waals surface area contributed by atoms with Gasteiger partial charge >= 0.3 is 0 Å². The van der Waals surface area contributed by atoms with Gasteiger partial charge in [0.1, 0.15) is 5.69 Å². The van der Waals surface area contributed by atoms with Crippen LogP contribution in [-0.2, 0) is 0 Å². The standard InChI is InChI=1S/C15H19N3O/c1-10(2)13(16)9-18-15(19)14-12-6-4-3-5-11(12)7-8-17-14/h3-8,10,13H,9,16H2,1-2H3,(H,18,19). The molecule has 2 aromatic rings. The summed E-state index contributed by atoms with van der Waals surface area (Å²) in [4.78, 5) is 16.3. The Hall–Kier alpha value is -1.94. The molecule has 3 N–H and O–H groups in total. The second-order valence-electron chi connectivity index (χ2n) is 5.00. The number of fused-ring (bicyclic) bond motifs is 1. The predicted molar refractivity (Wildman–Crippen MR) is 76.9 cm³/mol. The van der Waals surface area contributed by atoms with Crippen molar-refractivity contribution >= 4 is 16.7 Å². The second-order valence-corrected chi connectivity index (χ2v) is 5.00. The Bertz CT molecular complexity index is 575. The lowest BCUT2D eigenvalue weighted by Gasteiger charge is -2.16. The van der Waals surface area contributed by atoms with Crippen LogP contribution in [-0.4, -0.2) is 23.5 Å². The van der Waals surface area contributed by atoms with E-state index in [2.05, 4.69) is 10.3 Å². The Labute approximate surface area is 113 Å². The fraction of sp³-hybridized carbons (Fsp3) is 0.333. The molecule has 0 aliphatic carbocycles. The summed E-state index contributed by atoms with van der Waals surface area (Å²) in [6.45, 7) is 4.53. The van der Waals surface area contributed by atoms with Gasteiger partial charge in [0.25, 0.3) is 5.91 Å². The number of nitrogens with two attached hydrogens (primary N) is 1. The van der Waals surface area contributed by atoms with Crippen molar-refractivity contribution in [1.82, 2.24) is 10.3 Å². The maximum absolute atomic E-state index is 12.2. The molecule has 2 rings (SSSR count). The lowest BCUT2D eigenvalue weighted by atomic mass is 10.1. The number of pyridine rings is 1. The minimum Gasteiger partial charge on any atom is -0.349 e. The molecule has 1 aromatic carbocycles. The Kier molecular flexibility index (Phi) is 4.12. The molecule has 0 aliphatic rings. The van der Waals surface area contributed by atoms with E-state index in [9.17, 15) is 4.79 Å². The van der Waals surface area contributed by atoms with Crippen LogP contribution in [0.4, 0.5) is 0 Å². The first-order chi connectivity index (χ1) is 9.09. The lowest BCUT2D eigenvalue weighted by Crippen LogP contribution is -2.40. The van der Waals surface area contributed by atoms with Crippen LogP contribution in [0.5, 0.6) is 0 Å². The number of nitrogens with one attached hydrogen (secondary N) is 1. The third-order valence-corrected chi connectivity index (χ3v) is 3.24. The molecular weight excluding hydrogens is 238 g/mol. The third kappa shape index (κ3) is 3.09. The highest BCUT2D eigenvalue weighted by molar-refractivity contribution is 6.05. The van der Waals surface area contributed by atoms with E-state index in [1.807, 2.05) is 44.2 Å². The molecular formula is C15H19N3O. The number of benzene rings is 1. The molecule has 0 fully saturated rings. The smallest absolute Gasteiger partial charge is 0.270 e. The van der Waals surface area contributed by atoms with Crippen molar-refractivity contribution in [3.63, 3.8) is 0 Å². The summed E-state index contributed by atoms with van der Waals surface area (Å²) < 4.78 is 0. The summed E-state index contributed by atoms with van der Waals surface area (Å²) >= 11 is 0. The molecule has 4 nitrogen and oxygen atoms in total. The molecule has 4 heteroatoms. The van der Waals surface area contributed by atoms with Gasteiger partial charge in [-0.25, -0.2) is 0 Å². The number of rotatable bonds is 4. The largest absolute Gasteiger partial charge is 0.349 e. The van der Waals surface area contributed by atoms with Gasteiger partial charge < -0.3 is 11.1 Å². The van der Waals surface area contributed by atoms with E-state index in [0.717, 1.165) is 10.8 Å². The average Bonchev–Trinajstić information content (AvgIpc) is 2.43. The minimum atomic E-state index is -0.173. The number of amides is 1. The number of nitrogens with zero attached hydrogens (tertiary/aromatic N) is 1. The Morgan fingerprint density at radius 1 is 1.32 bits per heavy atom. The van der Waals surface area contributed by atoms with E-state index < -0.39 is 0 Å². The molecule has 1 heterocycles. The van der Waals surface area contributed by atoms with Gasteiger partial charge in [-0.15, -0.1) is 0 Å². The van der Waals surface area contributed by atoms with Crippen molar-refractivity contribution in [2.24, 2.45) is 11.7 Å². The van der Waals surface area contributed by atoms with Gasteiger partial charge in [0.05, 0.1) is 0 Å². The Morgan fingerprint density at radius 2 is 2.05 bits per heavy atom. The van der Waals surface area contributed by atoms with E-state index in [4.69, 9.17) is 5.73 Å². The number of aromatic nitrogens is 1. The first-order valence-corrected chi connectivity index (χ1v) is 6.47. The average molecular weight is 257 g/mol. The molecule has 0 saturated heterocycles. The summed E-state index contributed by atoms with van der Waals surface area (Å²) in [5.74, 6) is 0.161. The molecule has 1 unspecified atom stereocenters. The van der Waals surface area contributed by atoms with Gasteiger partial charge in [-0.2, -0.15) is 0 Å². The quantitative estimate of drug-likeness (QED) is 0.879. The minimum absolute atomic E-state index is 0.0427. The molecule has 0 radical (unpaired) electrons. The van der Waals surface area contributed by atoms with E-state index in [1.165, 1.54) is 0 Å². The highest BCUT2D eigenvalue weighted by Gasteiger charge is 2.13. The van der Waals surface area contributed by atoms with Crippen LogP contribution in [0.25, 0.3) is 10.8 Å². The number of carbonyl (C=O) groups is 1. The number of carbonyl (C=O) groups excluding carboxylic acids is 1. The molecule has 1 amide bonds. The van der Waals surface area contributed by atoms with E-state index in [0.29, 0.717) is 18.2 Å². The highest BCUT2D eigenvalue weighted by atomic mass is 16.1. The molecule has 100 valence electrons. The topological polar surface area (TPSA) is 68.0 Å². The van der Waals surface area contributed by atoms with Crippen molar-refractivity contribution in [2.75, 3.05) is 6.54 Å². The van der Waals surface area contributed by atoms with Gasteiger partial charge in [-0.1, -0.05) is 38.1 Å². The second kappa shape index (κ2) is 5.80. The molecule has 1 atom stereocenters. The van der Waals surface area contributed by atoms with Crippen LogP contribution < -0.4 is 11.1 Å². The van der Waals surface area contributed by atoms with Crippen molar-refractivity contribution in [3.05, 3.63) is 42.2 Å². The van der Waals surface area contributed by atoms with E-state index >= 15 is 0 Å². The van der Waals surface area contributed by atoms with Crippen molar-refractivity contribution in [1.29, 1.82) is 0 Å². The Balaban J connectivity index is 2.18. The van der Waals surface area contributed by atoms with Gasteiger partial charge in [0.2, 0.25) is 0 Å². The zero-order valence-electron chi connectivity index (χ0n) is 11.3. The SMILES string of the molecule is CC(C)C(N)CNC(=O)c1nccc2ccccc12. The Morgan fingerprint density at radius 3 is 2.79 bits per heavy atom. The maximum atomic E-state index is 12.2. The van der Waals surface area contributed by atoms with E-state index in [-0.39, 0.29) is 11.9 Å². The van der Waals surface area contributed by atoms with Crippen LogP contribution >= 0.6 is 0 Å². The van der Waals surface area contributed by atoms with Crippen molar-refractivity contribution in [2.45, 2.75) is 19.9 Å². The molecule has 0 saturated carbocycles. The van der Waals surface area contributed by atoms with Gasteiger partial charge in [-0.3, -0.25) is 9.78 Å². The monoisotopic (exact) mass is 257 g/mol. The van der Waals surface area contributed by atoms with Crippen molar-refractivity contribution in [3.8, 4) is 0 Å². The van der Waals surface area contributed by atoms with Crippen LogP contribution in [0.1, 0.15) is 24.3 Å². The maximum Gasteiger partial charge on any atom is 0.270 e. The van der Waals surface area contributed by atoms with Gasteiger partial charge in [-0.05, 0) is 17.4 Å². The summed E-state index contributed by atoms with van der Waals surface area (Å²) in [5, 5.41) is 4.72. The summed E-state index contributed by atoms with van der Waals surface area (Å²) in [6.07, 6.45) is 1.65. The zero-order chi connectivity index (χ0) is 13.8. The van der Waals surface area contributed by atoms with E-state index in [1.54, 1.807) is 6.20 Å². The van der Waals surface area contributed by atoms with Crippen molar-refractivity contribution < 1.29 is 4.79 Å². The van der Waals surface area contributed by atoms with Gasteiger partial charge in [0, 0.05) is 24.2 Å². The van der Waals surface area contributed by atoms with Crippen LogP contribution in [0.2, 0.25) is 0 Å². The summed E-state index contributed by atoms with van der Waals surface area (Å²) in [5.41, 5.74) is 6.37. The molecule has 0 aliphatic heterocycles. The fourth-order valence-corrected chi connectivity index (χ4v) is 1.83. The molecule has 0 spiro atoms. The third-order valence-electron chi connectivity index (χ3n) is 3.24. The normalized spacial score (nSPS) is 12.6. The zero-order valence-corrected chi connectivity index (χ0v) is 11.3. The highest BCUT2D eigenvalue weighted by Crippen LogP contribution is 2.16. The first kappa shape index (κ1) is 13.5. The summed E-state index contributed by atoms with van der Waals surface area (Å²) in [7, 11) is 0. The lowest BCUT2D eigenvalue weighted by molar-refractivity contribution is 0.0946.